The number of ketones is 1. The Morgan fingerprint density at radius 2 is 1.30 bits per heavy atom. The lowest BCUT2D eigenvalue weighted by Crippen LogP contribution is -2.33. The summed E-state index contributed by atoms with van der Waals surface area (Å²) in [6.07, 6.45) is 18.2. The Labute approximate surface area is 144 Å². The van der Waals surface area contributed by atoms with Crippen molar-refractivity contribution in [3.8, 4) is 0 Å². The van der Waals surface area contributed by atoms with Crippen LogP contribution in [0.5, 0.6) is 0 Å². The molecule has 1 aliphatic rings. The molecule has 132 valence electrons. The van der Waals surface area contributed by atoms with E-state index in [1.807, 2.05) is 0 Å². The molecule has 0 atom stereocenters. The van der Waals surface area contributed by atoms with E-state index in [2.05, 4.69) is 39.8 Å². The van der Waals surface area contributed by atoms with Crippen LogP contribution in [0, 0.1) is 5.41 Å². The molecule has 0 aromatic carbocycles. The molecule has 1 nitrogen and oxygen atoms in total. The molecular weight excluding hydrogens is 280 g/mol. The highest BCUT2D eigenvalue weighted by molar-refractivity contribution is 6.03. The Balaban J connectivity index is 3.08. The van der Waals surface area contributed by atoms with Gasteiger partial charge in [-0.1, -0.05) is 83.9 Å². The van der Waals surface area contributed by atoms with E-state index in [1.165, 1.54) is 31.3 Å². The smallest absolute Gasteiger partial charge is 0.168 e. The van der Waals surface area contributed by atoms with Crippen molar-refractivity contribution in [2.75, 3.05) is 0 Å². The second kappa shape index (κ2) is 10.8. The molecule has 0 bridgehead atoms. The van der Waals surface area contributed by atoms with Crippen LogP contribution in [0.2, 0.25) is 0 Å². The SMILES string of the molecule is CCCCC1=CC(CCCC)(CCCC)C(=O)C(CCCC)=C1. The van der Waals surface area contributed by atoms with Gasteiger partial charge in [0.2, 0.25) is 0 Å². The number of carbonyl (C=O) groups is 1. The average molecular weight is 319 g/mol. The minimum Gasteiger partial charge on any atom is -0.294 e. The van der Waals surface area contributed by atoms with Gasteiger partial charge in [0, 0.05) is 0 Å². The maximum atomic E-state index is 13.3. The van der Waals surface area contributed by atoms with Gasteiger partial charge in [0.15, 0.2) is 5.78 Å². The van der Waals surface area contributed by atoms with Crippen LogP contribution in [0.25, 0.3) is 0 Å². The van der Waals surface area contributed by atoms with E-state index in [0.717, 1.165) is 56.9 Å². The van der Waals surface area contributed by atoms with Gasteiger partial charge in [0.25, 0.3) is 0 Å². The van der Waals surface area contributed by atoms with E-state index in [-0.39, 0.29) is 5.41 Å². The van der Waals surface area contributed by atoms with Crippen LogP contribution in [0.3, 0.4) is 0 Å². The molecule has 0 unspecified atom stereocenters. The van der Waals surface area contributed by atoms with Crippen LogP contribution >= 0.6 is 0 Å². The quantitative estimate of drug-likeness (QED) is 0.373. The third kappa shape index (κ3) is 5.94. The number of carbonyl (C=O) groups excluding carboxylic acids is 1. The van der Waals surface area contributed by atoms with Crippen LogP contribution < -0.4 is 0 Å². The molecule has 0 heterocycles. The Bertz CT molecular complexity index is 406. The number of hydrogen-bond donors (Lipinski definition) is 0. The predicted octanol–water partition coefficient (Wildman–Crippen LogP) is 7.17. The molecule has 1 heteroatoms. The molecule has 0 aliphatic heterocycles. The van der Waals surface area contributed by atoms with Gasteiger partial charge >= 0.3 is 0 Å². The van der Waals surface area contributed by atoms with Crippen LogP contribution in [-0.2, 0) is 4.79 Å². The van der Waals surface area contributed by atoms with Crippen molar-refractivity contribution in [2.45, 2.75) is 105 Å². The lowest BCUT2D eigenvalue weighted by Gasteiger charge is -2.34. The second-order valence-corrected chi connectivity index (χ2v) is 7.29. The largest absolute Gasteiger partial charge is 0.294 e. The topological polar surface area (TPSA) is 17.1 Å². The first-order valence-electron chi connectivity index (χ1n) is 10.1. The zero-order chi connectivity index (χ0) is 17.1. The highest BCUT2D eigenvalue weighted by Crippen LogP contribution is 2.42. The third-order valence-corrected chi connectivity index (χ3v) is 5.14. The normalized spacial score (nSPS) is 17.1. The van der Waals surface area contributed by atoms with Gasteiger partial charge in [-0.15, -0.1) is 0 Å². The fourth-order valence-corrected chi connectivity index (χ4v) is 3.63. The first kappa shape index (κ1) is 20.2. The molecule has 0 N–H and O–H groups in total. The Morgan fingerprint density at radius 1 is 0.783 bits per heavy atom. The number of hydrogen-bond acceptors (Lipinski definition) is 1. The molecule has 0 radical (unpaired) electrons. The van der Waals surface area contributed by atoms with Gasteiger partial charge in [-0.05, 0) is 44.1 Å². The van der Waals surface area contributed by atoms with Crippen molar-refractivity contribution < 1.29 is 4.79 Å². The van der Waals surface area contributed by atoms with Crippen molar-refractivity contribution in [1.82, 2.24) is 0 Å². The zero-order valence-corrected chi connectivity index (χ0v) is 16.0. The van der Waals surface area contributed by atoms with Crippen molar-refractivity contribution >= 4 is 5.78 Å². The average Bonchev–Trinajstić information content (AvgIpc) is 2.57. The molecule has 0 aromatic heterocycles. The number of unbranched alkanes of at least 4 members (excludes halogenated alkanes) is 4. The molecule has 0 amide bonds. The molecule has 0 saturated heterocycles. The summed E-state index contributed by atoms with van der Waals surface area (Å²) < 4.78 is 0. The van der Waals surface area contributed by atoms with Crippen molar-refractivity contribution in [2.24, 2.45) is 5.41 Å². The van der Waals surface area contributed by atoms with E-state index in [4.69, 9.17) is 0 Å². The summed E-state index contributed by atoms with van der Waals surface area (Å²) in [6.45, 7) is 8.92. The van der Waals surface area contributed by atoms with Gasteiger partial charge in [0.1, 0.15) is 0 Å². The van der Waals surface area contributed by atoms with Gasteiger partial charge in [0.05, 0.1) is 5.41 Å². The van der Waals surface area contributed by atoms with E-state index in [9.17, 15) is 4.79 Å². The Hall–Kier alpha value is -0.850. The Kier molecular flexibility index (Phi) is 9.52. The highest BCUT2D eigenvalue weighted by Gasteiger charge is 2.38. The Morgan fingerprint density at radius 3 is 1.83 bits per heavy atom. The van der Waals surface area contributed by atoms with E-state index < -0.39 is 0 Å². The fraction of sp³-hybridized carbons (Fsp3) is 0.773. The van der Waals surface area contributed by atoms with Crippen molar-refractivity contribution in [1.29, 1.82) is 0 Å². The van der Waals surface area contributed by atoms with Crippen LogP contribution in [0.4, 0.5) is 0 Å². The summed E-state index contributed by atoms with van der Waals surface area (Å²) in [5.74, 6) is 0.452. The van der Waals surface area contributed by atoms with Crippen LogP contribution in [0.15, 0.2) is 23.3 Å². The molecule has 1 rings (SSSR count). The summed E-state index contributed by atoms with van der Waals surface area (Å²) in [5.41, 5.74) is 2.37. The minimum atomic E-state index is -0.188. The lowest BCUT2D eigenvalue weighted by atomic mass is 9.68. The summed E-state index contributed by atoms with van der Waals surface area (Å²) in [6, 6.07) is 0. The van der Waals surface area contributed by atoms with Crippen LogP contribution in [0.1, 0.15) is 105 Å². The minimum absolute atomic E-state index is 0.188. The summed E-state index contributed by atoms with van der Waals surface area (Å²) >= 11 is 0. The van der Waals surface area contributed by atoms with Crippen LogP contribution in [-0.4, -0.2) is 5.78 Å². The molecule has 1 aliphatic carbocycles. The summed E-state index contributed by atoms with van der Waals surface area (Å²) in [4.78, 5) is 13.3. The summed E-state index contributed by atoms with van der Waals surface area (Å²) in [7, 11) is 0. The first-order chi connectivity index (χ1) is 11.1. The number of allylic oxidation sites excluding steroid dienone is 4. The van der Waals surface area contributed by atoms with Gasteiger partial charge in [-0.2, -0.15) is 0 Å². The first-order valence-corrected chi connectivity index (χ1v) is 10.1. The molecule has 0 fully saturated rings. The van der Waals surface area contributed by atoms with Gasteiger partial charge < -0.3 is 0 Å². The lowest BCUT2D eigenvalue weighted by molar-refractivity contribution is -0.123. The highest BCUT2D eigenvalue weighted by atomic mass is 16.1. The van der Waals surface area contributed by atoms with Crippen molar-refractivity contribution in [3.05, 3.63) is 23.3 Å². The van der Waals surface area contributed by atoms with E-state index in [0.29, 0.717) is 5.78 Å². The molecule has 0 aromatic rings. The van der Waals surface area contributed by atoms with Gasteiger partial charge in [-0.3, -0.25) is 4.79 Å². The maximum Gasteiger partial charge on any atom is 0.168 e. The zero-order valence-electron chi connectivity index (χ0n) is 16.0. The van der Waals surface area contributed by atoms with Gasteiger partial charge in [-0.25, -0.2) is 0 Å². The molecular formula is C22H38O. The predicted molar refractivity (Wildman–Crippen MR) is 102 cm³/mol. The summed E-state index contributed by atoms with van der Waals surface area (Å²) in [5, 5.41) is 0. The molecule has 0 saturated carbocycles. The van der Waals surface area contributed by atoms with Crippen molar-refractivity contribution in [3.63, 3.8) is 0 Å². The fourth-order valence-electron chi connectivity index (χ4n) is 3.63. The molecule has 0 spiro atoms. The standard InChI is InChI=1S/C22H38O/c1-5-9-13-19-17-20(14-10-6-2)21(23)22(18-19,15-11-7-3)16-12-8-4/h17-18H,5-16H2,1-4H3. The van der Waals surface area contributed by atoms with E-state index >= 15 is 0 Å². The number of rotatable bonds is 12. The molecule has 23 heavy (non-hydrogen) atoms. The van der Waals surface area contributed by atoms with E-state index in [1.54, 1.807) is 0 Å². The number of Topliss-reactive ketones (excluding diaryl/α,β-unsaturated/α-hetero) is 1. The monoisotopic (exact) mass is 318 g/mol. The maximum absolute atomic E-state index is 13.3. The second-order valence-electron chi connectivity index (χ2n) is 7.29. The third-order valence-electron chi connectivity index (χ3n) is 5.14.